The first-order valence-corrected chi connectivity index (χ1v) is 7.19. The number of carbonyl (C=O) groups excluding carboxylic acids is 1. The molecule has 0 fully saturated rings. The smallest absolute Gasteiger partial charge is 0.271 e. The Hall–Kier alpha value is -2.00. The molecule has 0 bridgehead atoms. The van der Waals surface area contributed by atoms with Crippen LogP contribution in [0.4, 0.5) is 15.8 Å². The van der Waals surface area contributed by atoms with E-state index in [9.17, 15) is 19.3 Å². The number of nitro benzene ring substituents is 1. The monoisotopic (exact) mass is 313 g/mol. The minimum atomic E-state index is -0.719. The highest BCUT2D eigenvalue weighted by Gasteiger charge is 2.13. The van der Waals surface area contributed by atoms with Gasteiger partial charge in [0.15, 0.2) is 0 Å². The number of hydrogen-bond donors (Lipinski definition) is 1. The molecule has 0 saturated carbocycles. The van der Waals surface area contributed by atoms with Crippen molar-refractivity contribution < 1.29 is 14.1 Å². The molecule has 20 heavy (non-hydrogen) atoms. The lowest BCUT2D eigenvalue weighted by atomic mass is 10.2. The minimum absolute atomic E-state index is 0.0512. The molecule has 6 nitrogen and oxygen atoms in total. The standard InChI is InChI=1S/C11H8FN3O3S2/c12-8-2-1-7(15(17)18)5-9(8)14-10(16)6-20-11-13-3-4-19-11/h1-5H,6H2,(H,14,16). The largest absolute Gasteiger partial charge is 0.323 e. The Bertz CT molecular complexity index is 634. The van der Waals surface area contributed by atoms with Crippen molar-refractivity contribution >= 4 is 40.4 Å². The number of nitro groups is 1. The first kappa shape index (κ1) is 14.4. The predicted molar refractivity (Wildman–Crippen MR) is 74.5 cm³/mol. The molecule has 0 spiro atoms. The second-order valence-electron chi connectivity index (χ2n) is 3.56. The van der Waals surface area contributed by atoms with Gasteiger partial charge >= 0.3 is 0 Å². The van der Waals surface area contributed by atoms with E-state index in [0.29, 0.717) is 0 Å². The highest BCUT2D eigenvalue weighted by Crippen LogP contribution is 2.23. The molecule has 0 atom stereocenters. The molecule has 104 valence electrons. The Kier molecular flexibility index (Phi) is 4.64. The van der Waals surface area contributed by atoms with Crippen LogP contribution in [0, 0.1) is 15.9 Å². The van der Waals surface area contributed by atoms with E-state index in [-0.39, 0.29) is 17.1 Å². The Morgan fingerprint density at radius 3 is 3.00 bits per heavy atom. The second kappa shape index (κ2) is 6.44. The van der Waals surface area contributed by atoms with Crippen LogP contribution in [0.5, 0.6) is 0 Å². The summed E-state index contributed by atoms with van der Waals surface area (Å²) in [4.78, 5) is 25.6. The van der Waals surface area contributed by atoms with Gasteiger partial charge in [0.05, 0.1) is 16.4 Å². The van der Waals surface area contributed by atoms with Crippen LogP contribution in [0.15, 0.2) is 34.1 Å². The molecular weight excluding hydrogens is 305 g/mol. The van der Waals surface area contributed by atoms with Crippen molar-refractivity contribution in [1.82, 2.24) is 4.98 Å². The summed E-state index contributed by atoms with van der Waals surface area (Å²) >= 11 is 2.60. The molecule has 9 heteroatoms. The van der Waals surface area contributed by atoms with Gasteiger partial charge in [0.2, 0.25) is 5.91 Å². The molecule has 1 amide bonds. The van der Waals surface area contributed by atoms with Crippen LogP contribution in [-0.4, -0.2) is 21.6 Å². The summed E-state index contributed by atoms with van der Waals surface area (Å²) in [5.74, 6) is -1.12. The van der Waals surface area contributed by atoms with E-state index in [1.807, 2.05) is 0 Å². The summed E-state index contributed by atoms with van der Waals surface area (Å²) in [7, 11) is 0. The summed E-state index contributed by atoms with van der Waals surface area (Å²) < 4.78 is 14.2. The average molecular weight is 313 g/mol. The first-order valence-electron chi connectivity index (χ1n) is 5.32. The Labute approximate surface area is 121 Å². The SMILES string of the molecule is O=C(CSc1nccs1)Nc1cc([N+](=O)[O-])ccc1F. The maximum atomic E-state index is 13.5. The van der Waals surface area contributed by atoms with Gasteiger partial charge in [-0.2, -0.15) is 0 Å². The number of carbonyl (C=O) groups is 1. The van der Waals surface area contributed by atoms with Crippen molar-refractivity contribution in [1.29, 1.82) is 0 Å². The third-order valence-corrected chi connectivity index (χ3v) is 4.14. The maximum absolute atomic E-state index is 13.5. The number of aromatic nitrogens is 1. The molecule has 1 N–H and O–H groups in total. The second-order valence-corrected chi connectivity index (χ2v) is 5.67. The maximum Gasteiger partial charge on any atom is 0.271 e. The van der Waals surface area contributed by atoms with E-state index < -0.39 is 16.6 Å². The van der Waals surface area contributed by atoms with E-state index in [0.717, 1.165) is 22.5 Å². The van der Waals surface area contributed by atoms with Crippen molar-refractivity contribution in [2.24, 2.45) is 0 Å². The van der Waals surface area contributed by atoms with E-state index in [1.165, 1.54) is 23.1 Å². The molecule has 1 heterocycles. The molecule has 0 unspecified atom stereocenters. The molecule has 0 radical (unpaired) electrons. The van der Waals surface area contributed by atoms with Gasteiger partial charge in [-0.15, -0.1) is 11.3 Å². The molecule has 0 aliphatic rings. The lowest BCUT2D eigenvalue weighted by Gasteiger charge is -2.05. The highest BCUT2D eigenvalue weighted by atomic mass is 32.2. The first-order chi connectivity index (χ1) is 9.56. The third-order valence-electron chi connectivity index (χ3n) is 2.17. The Morgan fingerprint density at radius 1 is 1.55 bits per heavy atom. The predicted octanol–water partition coefficient (Wildman–Crippen LogP) is 2.92. The number of nitrogens with zero attached hydrogens (tertiary/aromatic N) is 2. The normalized spacial score (nSPS) is 10.2. The van der Waals surface area contributed by atoms with E-state index in [1.54, 1.807) is 11.6 Å². The molecular formula is C11H8FN3O3S2. The summed E-state index contributed by atoms with van der Waals surface area (Å²) in [6.45, 7) is 0. The number of halogens is 1. The van der Waals surface area contributed by atoms with Crippen LogP contribution in [0.1, 0.15) is 0 Å². The fourth-order valence-electron chi connectivity index (χ4n) is 1.32. The van der Waals surface area contributed by atoms with Gasteiger partial charge in [-0.3, -0.25) is 14.9 Å². The molecule has 2 rings (SSSR count). The summed E-state index contributed by atoms with van der Waals surface area (Å²) in [6, 6.07) is 2.97. The van der Waals surface area contributed by atoms with Crippen LogP contribution >= 0.6 is 23.1 Å². The number of hydrogen-bond acceptors (Lipinski definition) is 6. The molecule has 2 aromatic rings. The lowest BCUT2D eigenvalue weighted by molar-refractivity contribution is -0.384. The fourth-order valence-corrected chi connectivity index (χ4v) is 2.76. The third kappa shape index (κ3) is 3.75. The number of anilines is 1. The lowest BCUT2D eigenvalue weighted by Crippen LogP contribution is -2.15. The van der Waals surface area contributed by atoms with Crippen molar-refractivity contribution in [3.05, 3.63) is 45.7 Å². The Morgan fingerprint density at radius 2 is 2.35 bits per heavy atom. The number of thioether (sulfide) groups is 1. The Balaban J connectivity index is 2.00. The van der Waals surface area contributed by atoms with Gasteiger partial charge in [-0.1, -0.05) is 11.8 Å². The van der Waals surface area contributed by atoms with E-state index >= 15 is 0 Å². The summed E-state index contributed by atoms with van der Waals surface area (Å²) in [6.07, 6.45) is 1.62. The van der Waals surface area contributed by atoms with Crippen LogP contribution in [-0.2, 0) is 4.79 Å². The zero-order valence-electron chi connectivity index (χ0n) is 9.91. The number of non-ortho nitro benzene ring substituents is 1. The number of thiazole rings is 1. The molecule has 0 aliphatic heterocycles. The summed E-state index contributed by atoms with van der Waals surface area (Å²) in [5, 5.41) is 14.7. The highest BCUT2D eigenvalue weighted by molar-refractivity contribution is 8.01. The summed E-state index contributed by atoms with van der Waals surface area (Å²) in [5.41, 5.74) is -0.488. The molecule has 1 aromatic heterocycles. The van der Waals surface area contributed by atoms with Crippen molar-refractivity contribution in [3.8, 4) is 0 Å². The van der Waals surface area contributed by atoms with Crippen LogP contribution in [0.2, 0.25) is 0 Å². The van der Waals surface area contributed by atoms with Crippen molar-refractivity contribution in [2.45, 2.75) is 4.34 Å². The number of nitrogens with one attached hydrogen (secondary N) is 1. The number of rotatable bonds is 5. The van der Waals surface area contributed by atoms with Gasteiger partial charge in [0.25, 0.3) is 5.69 Å². The quantitative estimate of drug-likeness (QED) is 0.521. The van der Waals surface area contributed by atoms with Gasteiger partial charge < -0.3 is 5.32 Å². The average Bonchev–Trinajstić information content (AvgIpc) is 2.92. The van der Waals surface area contributed by atoms with Crippen LogP contribution in [0.3, 0.4) is 0 Å². The fraction of sp³-hybridized carbons (Fsp3) is 0.0909. The number of benzene rings is 1. The van der Waals surface area contributed by atoms with Gasteiger partial charge in [0, 0.05) is 23.7 Å². The topological polar surface area (TPSA) is 85.1 Å². The zero-order valence-corrected chi connectivity index (χ0v) is 11.5. The van der Waals surface area contributed by atoms with Crippen LogP contribution < -0.4 is 5.32 Å². The van der Waals surface area contributed by atoms with E-state index in [2.05, 4.69) is 10.3 Å². The zero-order chi connectivity index (χ0) is 14.5. The van der Waals surface area contributed by atoms with Crippen molar-refractivity contribution in [3.63, 3.8) is 0 Å². The molecule has 1 aromatic carbocycles. The minimum Gasteiger partial charge on any atom is -0.323 e. The van der Waals surface area contributed by atoms with Gasteiger partial charge in [-0.05, 0) is 6.07 Å². The van der Waals surface area contributed by atoms with Gasteiger partial charge in [-0.25, -0.2) is 9.37 Å². The number of amides is 1. The van der Waals surface area contributed by atoms with E-state index in [4.69, 9.17) is 0 Å². The molecule has 0 saturated heterocycles. The van der Waals surface area contributed by atoms with Crippen molar-refractivity contribution in [2.75, 3.05) is 11.1 Å². The molecule has 0 aliphatic carbocycles. The van der Waals surface area contributed by atoms with Gasteiger partial charge in [0.1, 0.15) is 10.2 Å². The van der Waals surface area contributed by atoms with Crippen LogP contribution in [0.25, 0.3) is 0 Å².